The Labute approximate surface area is 206 Å². The topological polar surface area (TPSA) is 97.8 Å². The van der Waals surface area contributed by atoms with Gasteiger partial charge in [0, 0.05) is 29.3 Å². The molecule has 2 aliphatic rings. The van der Waals surface area contributed by atoms with Crippen molar-refractivity contribution in [1.29, 1.82) is 0 Å². The lowest BCUT2D eigenvalue weighted by Gasteiger charge is -2.29. The van der Waals surface area contributed by atoms with Crippen molar-refractivity contribution in [2.24, 2.45) is 0 Å². The van der Waals surface area contributed by atoms with Crippen molar-refractivity contribution in [2.45, 2.75) is 38.4 Å². The van der Waals surface area contributed by atoms with Crippen LogP contribution in [0.25, 0.3) is 10.6 Å². The molecule has 2 aliphatic heterocycles. The number of benzene rings is 2. The number of imide groups is 1. The molecule has 0 radical (unpaired) electrons. The van der Waals surface area contributed by atoms with E-state index in [2.05, 4.69) is 15.0 Å². The van der Waals surface area contributed by atoms with E-state index in [1.54, 1.807) is 24.4 Å². The van der Waals surface area contributed by atoms with Gasteiger partial charge in [0.1, 0.15) is 29.2 Å². The zero-order chi connectivity index (χ0) is 25.4. The second-order valence-corrected chi connectivity index (χ2v) is 9.29. The molecule has 3 heterocycles. The number of piperidine rings is 1. The number of aromatic nitrogens is 1. The summed E-state index contributed by atoms with van der Waals surface area (Å²) in [5.74, 6) is -0.934. The molecule has 1 N–H and O–H groups in total. The number of halogens is 3. The van der Waals surface area contributed by atoms with Gasteiger partial charge in [-0.25, -0.2) is 4.98 Å². The van der Waals surface area contributed by atoms with Crippen molar-refractivity contribution >= 4 is 29.1 Å². The number of alkyl halides is 3. The largest absolute Gasteiger partial charge is 0.573 e. The van der Waals surface area contributed by atoms with Crippen LogP contribution >= 0.6 is 11.3 Å². The van der Waals surface area contributed by atoms with Crippen LogP contribution in [0.15, 0.2) is 48.7 Å². The quantitative estimate of drug-likeness (QED) is 0.496. The number of fused-ring (bicyclic) bond motifs is 1. The minimum atomic E-state index is -4.76. The molecule has 0 saturated carbocycles. The van der Waals surface area contributed by atoms with Crippen LogP contribution < -0.4 is 14.8 Å². The zero-order valence-electron chi connectivity index (χ0n) is 18.5. The Morgan fingerprint density at radius 1 is 1.11 bits per heavy atom. The number of nitrogens with zero attached hydrogens (tertiary/aromatic N) is 2. The number of carbonyl (C=O) groups excluding carboxylic acids is 3. The van der Waals surface area contributed by atoms with E-state index in [0.717, 1.165) is 4.88 Å². The molecule has 1 aromatic heterocycles. The highest BCUT2D eigenvalue weighted by Crippen LogP contribution is 2.35. The lowest BCUT2D eigenvalue weighted by atomic mass is 10.0. The van der Waals surface area contributed by atoms with Crippen molar-refractivity contribution in [3.05, 3.63) is 64.7 Å². The third kappa shape index (κ3) is 4.89. The maximum Gasteiger partial charge on any atom is 0.573 e. The fourth-order valence-corrected chi connectivity index (χ4v) is 4.98. The summed E-state index contributed by atoms with van der Waals surface area (Å²) in [6.07, 6.45) is -2.70. The molecule has 1 atom stereocenters. The van der Waals surface area contributed by atoms with Crippen LogP contribution in [0.2, 0.25) is 0 Å². The SMILES string of the molecule is O=C1CCC(N2Cc3c(OCc4cnc(-c5ccc(OC(F)(F)F)cc5)s4)cccc3C2=O)C(=O)N1. The molecule has 1 saturated heterocycles. The van der Waals surface area contributed by atoms with E-state index in [4.69, 9.17) is 4.74 Å². The van der Waals surface area contributed by atoms with Gasteiger partial charge in [-0.3, -0.25) is 19.7 Å². The first-order chi connectivity index (χ1) is 17.2. The molecular formula is C24H18F3N3O5S. The van der Waals surface area contributed by atoms with Crippen LogP contribution in [0.3, 0.4) is 0 Å². The summed E-state index contributed by atoms with van der Waals surface area (Å²) in [5, 5.41) is 2.88. The molecule has 3 amide bonds. The van der Waals surface area contributed by atoms with E-state index in [-0.39, 0.29) is 43.6 Å². The van der Waals surface area contributed by atoms with E-state index in [9.17, 15) is 27.6 Å². The molecule has 186 valence electrons. The summed E-state index contributed by atoms with van der Waals surface area (Å²) in [6.45, 7) is 0.354. The molecule has 12 heteroatoms. The third-order valence-corrected chi connectivity index (χ3v) is 6.82. The summed E-state index contributed by atoms with van der Waals surface area (Å²) in [5.41, 5.74) is 1.74. The predicted octanol–water partition coefficient (Wildman–Crippen LogP) is 4.05. The van der Waals surface area contributed by atoms with Crippen LogP contribution in [0, 0.1) is 0 Å². The summed E-state index contributed by atoms with van der Waals surface area (Å²) < 4.78 is 46.9. The number of hydrogen-bond acceptors (Lipinski definition) is 7. The molecular weight excluding hydrogens is 499 g/mol. The fraction of sp³-hybridized carbons (Fsp3) is 0.250. The molecule has 0 bridgehead atoms. The zero-order valence-corrected chi connectivity index (χ0v) is 19.3. The van der Waals surface area contributed by atoms with Crippen LogP contribution in [0.5, 0.6) is 11.5 Å². The molecule has 36 heavy (non-hydrogen) atoms. The third-order valence-electron chi connectivity index (χ3n) is 5.80. The van der Waals surface area contributed by atoms with E-state index in [1.807, 2.05) is 0 Å². The summed E-state index contributed by atoms with van der Waals surface area (Å²) in [7, 11) is 0. The van der Waals surface area contributed by atoms with Gasteiger partial charge in [-0.1, -0.05) is 6.07 Å². The van der Waals surface area contributed by atoms with Gasteiger partial charge < -0.3 is 14.4 Å². The van der Waals surface area contributed by atoms with E-state index < -0.39 is 18.3 Å². The van der Waals surface area contributed by atoms with Crippen LogP contribution in [0.1, 0.15) is 33.6 Å². The summed E-state index contributed by atoms with van der Waals surface area (Å²) in [6, 6.07) is 9.82. The maximum absolute atomic E-state index is 12.9. The van der Waals surface area contributed by atoms with Crippen LogP contribution in [-0.4, -0.2) is 40.0 Å². The molecule has 3 aromatic rings. The van der Waals surface area contributed by atoms with E-state index in [0.29, 0.717) is 27.4 Å². The second-order valence-electron chi connectivity index (χ2n) is 8.17. The predicted molar refractivity (Wildman–Crippen MR) is 121 cm³/mol. The van der Waals surface area contributed by atoms with Crippen molar-refractivity contribution in [3.63, 3.8) is 0 Å². The minimum absolute atomic E-state index is 0.163. The number of rotatable bonds is 6. The minimum Gasteiger partial charge on any atom is -0.488 e. The molecule has 0 aliphatic carbocycles. The fourth-order valence-electron chi connectivity index (χ4n) is 4.15. The van der Waals surface area contributed by atoms with E-state index in [1.165, 1.54) is 40.5 Å². The Morgan fingerprint density at radius 3 is 2.61 bits per heavy atom. The van der Waals surface area contributed by atoms with Crippen molar-refractivity contribution in [1.82, 2.24) is 15.2 Å². The lowest BCUT2D eigenvalue weighted by Crippen LogP contribution is -2.52. The van der Waals surface area contributed by atoms with Crippen molar-refractivity contribution in [2.75, 3.05) is 0 Å². The molecule has 5 rings (SSSR count). The van der Waals surface area contributed by atoms with E-state index >= 15 is 0 Å². The highest BCUT2D eigenvalue weighted by Gasteiger charge is 2.40. The smallest absolute Gasteiger partial charge is 0.488 e. The first-order valence-electron chi connectivity index (χ1n) is 10.9. The highest BCUT2D eigenvalue weighted by atomic mass is 32.1. The van der Waals surface area contributed by atoms with Crippen LogP contribution in [0.4, 0.5) is 13.2 Å². The molecule has 1 fully saturated rings. The Bertz CT molecular complexity index is 1340. The number of thiazole rings is 1. The van der Waals surface area contributed by atoms with Crippen molar-refractivity contribution in [3.8, 4) is 22.1 Å². The molecule has 2 aromatic carbocycles. The van der Waals surface area contributed by atoms with Crippen LogP contribution in [-0.2, 0) is 22.7 Å². The Balaban J connectivity index is 1.26. The molecule has 8 nitrogen and oxygen atoms in total. The monoisotopic (exact) mass is 517 g/mol. The van der Waals surface area contributed by atoms with Gasteiger partial charge in [-0.2, -0.15) is 0 Å². The summed E-state index contributed by atoms with van der Waals surface area (Å²) >= 11 is 1.32. The normalized spacial score (nSPS) is 17.7. The van der Waals surface area contributed by atoms with Gasteiger partial charge in [0.25, 0.3) is 5.91 Å². The first kappa shape index (κ1) is 23.8. The molecule has 1 unspecified atom stereocenters. The Morgan fingerprint density at radius 2 is 1.89 bits per heavy atom. The summed E-state index contributed by atoms with van der Waals surface area (Å²) in [4.78, 5) is 43.2. The average Bonchev–Trinajstić information content (AvgIpc) is 3.43. The number of amides is 3. The second kappa shape index (κ2) is 9.26. The van der Waals surface area contributed by atoms with Gasteiger partial charge in [0.05, 0.1) is 11.4 Å². The number of ether oxygens (including phenoxy) is 2. The van der Waals surface area contributed by atoms with Gasteiger partial charge >= 0.3 is 6.36 Å². The number of hydrogen-bond donors (Lipinski definition) is 1. The number of carbonyl (C=O) groups is 3. The Kier molecular flexibility index (Phi) is 6.12. The average molecular weight is 517 g/mol. The lowest BCUT2D eigenvalue weighted by molar-refractivity contribution is -0.274. The highest BCUT2D eigenvalue weighted by molar-refractivity contribution is 7.15. The first-order valence-corrected chi connectivity index (χ1v) is 11.7. The number of nitrogens with one attached hydrogen (secondary N) is 1. The van der Waals surface area contributed by atoms with Gasteiger partial charge in [0.15, 0.2) is 0 Å². The van der Waals surface area contributed by atoms with Gasteiger partial charge in [-0.15, -0.1) is 24.5 Å². The van der Waals surface area contributed by atoms with Crippen molar-refractivity contribution < 1.29 is 37.0 Å². The Hall–Kier alpha value is -3.93. The molecule has 0 spiro atoms. The van der Waals surface area contributed by atoms with Gasteiger partial charge in [0.2, 0.25) is 11.8 Å². The van der Waals surface area contributed by atoms with Gasteiger partial charge in [-0.05, 0) is 42.8 Å². The standard InChI is InChI=1S/C24H18F3N3O5S/c25-24(26,27)35-14-6-4-13(5-7-14)22-28-10-15(36-22)12-34-19-3-1-2-16-17(19)11-30(23(16)33)18-8-9-20(31)29-21(18)32/h1-7,10,18H,8-9,11-12H2,(H,29,31,32). The maximum atomic E-state index is 12.9.